The van der Waals surface area contributed by atoms with Gasteiger partial charge < -0.3 is 9.26 Å². The number of ketones is 1. The Labute approximate surface area is 107 Å². The summed E-state index contributed by atoms with van der Waals surface area (Å²) in [6, 6.07) is 0. The first-order valence-electron chi connectivity index (χ1n) is 6.69. The molecule has 0 bridgehead atoms. The van der Waals surface area contributed by atoms with Crippen molar-refractivity contribution in [1.82, 2.24) is 10.1 Å². The fourth-order valence-corrected chi connectivity index (χ4v) is 2.46. The maximum absolute atomic E-state index is 11.4. The molecular formula is C13H20N2O3. The first kappa shape index (κ1) is 13.2. The molecule has 18 heavy (non-hydrogen) atoms. The van der Waals surface area contributed by atoms with Crippen molar-refractivity contribution in [3.05, 3.63) is 11.7 Å². The molecule has 0 spiro atoms. The standard InChI is InChI=1S/C13H20N2O3/c1-3-10(16)9-11-14-12(15-18-11)13(17-4-2)7-5-6-8-13/h3-9H2,1-2H3. The van der Waals surface area contributed by atoms with Gasteiger partial charge in [-0.05, 0) is 32.6 Å². The molecule has 0 saturated heterocycles. The van der Waals surface area contributed by atoms with Crippen LogP contribution in [0.3, 0.4) is 0 Å². The molecule has 0 N–H and O–H groups in total. The Balaban J connectivity index is 2.14. The third-order valence-corrected chi connectivity index (χ3v) is 3.45. The van der Waals surface area contributed by atoms with Gasteiger partial charge in [-0.1, -0.05) is 12.1 Å². The first-order valence-corrected chi connectivity index (χ1v) is 6.69. The summed E-state index contributed by atoms with van der Waals surface area (Å²) >= 11 is 0. The molecule has 1 aliphatic carbocycles. The highest BCUT2D eigenvalue weighted by Crippen LogP contribution is 2.40. The molecule has 2 rings (SSSR count). The van der Waals surface area contributed by atoms with E-state index in [0.717, 1.165) is 25.7 Å². The topological polar surface area (TPSA) is 65.2 Å². The van der Waals surface area contributed by atoms with Crippen molar-refractivity contribution < 1.29 is 14.1 Å². The van der Waals surface area contributed by atoms with E-state index in [0.29, 0.717) is 24.7 Å². The Morgan fingerprint density at radius 1 is 1.39 bits per heavy atom. The summed E-state index contributed by atoms with van der Waals surface area (Å²) < 4.78 is 11.0. The molecule has 1 aromatic heterocycles. The highest BCUT2D eigenvalue weighted by atomic mass is 16.5. The molecular weight excluding hydrogens is 232 g/mol. The van der Waals surface area contributed by atoms with E-state index in [1.54, 1.807) is 0 Å². The molecule has 1 fully saturated rings. The summed E-state index contributed by atoms with van der Waals surface area (Å²) in [6.07, 6.45) is 4.83. The quantitative estimate of drug-likeness (QED) is 0.777. The fraction of sp³-hybridized carbons (Fsp3) is 0.769. The Kier molecular flexibility index (Phi) is 4.11. The van der Waals surface area contributed by atoms with Crippen LogP contribution in [0.1, 0.15) is 57.7 Å². The van der Waals surface area contributed by atoms with Gasteiger partial charge in [0, 0.05) is 13.0 Å². The Bertz CT molecular complexity index is 408. The van der Waals surface area contributed by atoms with Crippen molar-refractivity contribution in [1.29, 1.82) is 0 Å². The van der Waals surface area contributed by atoms with Gasteiger partial charge in [0.25, 0.3) is 0 Å². The van der Waals surface area contributed by atoms with Crippen LogP contribution in [0.5, 0.6) is 0 Å². The second kappa shape index (κ2) is 5.61. The smallest absolute Gasteiger partial charge is 0.234 e. The number of nitrogens with zero attached hydrogens (tertiary/aromatic N) is 2. The Morgan fingerprint density at radius 3 is 2.72 bits per heavy atom. The van der Waals surface area contributed by atoms with Gasteiger partial charge in [0.15, 0.2) is 0 Å². The molecule has 0 radical (unpaired) electrons. The maximum atomic E-state index is 11.4. The van der Waals surface area contributed by atoms with Crippen LogP contribution in [0.25, 0.3) is 0 Å². The van der Waals surface area contributed by atoms with Crippen molar-refractivity contribution >= 4 is 5.78 Å². The predicted molar refractivity (Wildman–Crippen MR) is 65.1 cm³/mol. The van der Waals surface area contributed by atoms with Crippen LogP contribution in [0, 0.1) is 0 Å². The van der Waals surface area contributed by atoms with Crippen molar-refractivity contribution in [3.63, 3.8) is 0 Å². The van der Waals surface area contributed by atoms with Gasteiger partial charge in [0.2, 0.25) is 11.7 Å². The number of Topliss-reactive ketones (excluding diaryl/α,β-unsaturated/α-hetero) is 1. The summed E-state index contributed by atoms with van der Waals surface area (Å²) in [5, 5.41) is 4.01. The lowest BCUT2D eigenvalue weighted by molar-refractivity contribution is -0.118. The molecule has 100 valence electrons. The monoisotopic (exact) mass is 252 g/mol. The van der Waals surface area contributed by atoms with E-state index in [9.17, 15) is 4.79 Å². The average Bonchev–Trinajstić information content (AvgIpc) is 2.99. The van der Waals surface area contributed by atoms with E-state index in [-0.39, 0.29) is 17.8 Å². The van der Waals surface area contributed by atoms with Gasteiger partial charge in [0.05, 0.1) is 6.42 Å². The van der Waals surface area contributed by atoms with Gasteiger partial charge in [-0.15, -0.1) is 0 Å². The van der Waals surface area contributed by atoms with Crippen LogP contribution < -0.4 is 0 Å². The van der Waals surface area contributed by atoms with Crippen LogP contribution in [-0.2, 0) is 21.6 Å². The number of aromatic nitrogens is 2. The van der Waals surface area contributed by atoms with Crippen LogP contribution >= 0.6 is 0 Å². The second-order valence-corrected chi connectivity index (χ2v) is 4.72. The third-order valence-electron chi connectivity index (χ3n) is 3.45. The largest absolute Gasteiger partial charge is 0.367 e. The zero-order valence-electron chi connectivity index (χ0n) is 11.1. The summed E-state index contributed by atoms with van der Waals surface area (Å²) in [7, 11) is 0. The Morgan fingerprint density at radius 2 is 2.11 bits per heavy atom. The summed E-state index contributed by atoms with van der Waals surface area (Å²) in [6.45, 7) is 4.44. The zero-order chi connectivity index (χ0) is 13.0. The molecule has 5 heteroatoms. The molecule has 1 saturated carbocycles. The number of hydrogen-bond donors (Lipinski definition) is 0. The molecule has 0 unspecified atom stereocenters. The van der Waals surface area contributed by atoms with Crippen LogP contribution in [0.15, 0.2) is 4.52 Å². The van der Waals surface area contributed by atoms with Crippen molar-refractivity contribution in [3.8, 4) is 0 Å². The van der Waals surface area contributed by atoms with Crippen LogP contribution in [-0.4, -0.2) is 22.5 Å². The summed E-state index contributed by atoms with van der Waals surface area (Å²) in [5.41, 5.74) is -0.383. The Hall–Kier alpha value is -1.23. The SMILES string of the molecule is CCOC1(c2noc(CC(=O)CC)n2)CCCC1. The fourth-order valence-electron chi connectivity index (χ4n) is 2.46. The van der Waals surface area contributed by atoms with Gasteiger partial charge in [-0.3, -0.25) is 4.79 Å². The van der Waals surface area contributed by atoms with Crippen molar-refractivity contribution in [2.45, 2.75) is 58.0 Å². The minimum atomic E-state index is -0.383. The van der Waals surface area contributed by atoms with Crippen molar-refractivity contribution in [2.24, 2.45) is 0 Å². The van der Waals surface area contributed by atoms with Gasteiger partial charge in [0.1, 0.15) is 11.4 Å². The van der Waals surface area contributed by atoms with Gasteiger partial charge >= 0.3 is 0 Å². The third kappa shape index (κ3) is 2.61. The summed E-state index contributed by atoms with van der Waals surface area (Å²) in [4.78, 5) is 15.7. The van der Waals surface area contributed by atoms with Crippen LogP contribution in [0.4, 0.5) is 0 Å². The first-order chi connectivity index (χ1) is 8.70. The lowest BCUT2D eigenvalue weighted by Crippen LogP contribution is -2.27. The van der Waals surface area contributed by atoms with E-state index in [2.05, 4.69) is 10.1 Å². The number of carbonyl (C=O) groups is 1. The lowest BCUT2D eigenvalue weighted by Gasteiger charge is -2.24. The van der Waals surface area contributed by atoms with Crippen LogP contribution in [0.2, 0.25) is 0 Å². The normalized spacial score (nSPS) is 18.1. The van der Waals surface area contributed by atoms with Gasteiger partial charge in [-0.2, -0.15) is 4.98 Å². The maximum Gasteiger partial charge on any atom is 0.234 e. The van der Waals surface area contributed by atoms with Crippen molar-refractivity contribution in [2.75, 3.05) is 6.61 Å². The van der Waals surface area contributed by atoms with E-state index in [4.69, 9.17) is 9.26 Å². The molecule has 0 amide bonds. The number of hydrogen-bond acceptors (Lipinski definition) is 5. The van der Waals surface area contributed by atoms with E-state index >= 15 is 0 Å². The molecule has 0 aromatic carbocycles. The molecule has 0 aliphatic heterocycles. The minimum absolute atomic E-state index is 0.113. The van der Waals surface area contributed by atoms with Gasteiger partial charge in [-0.25, -0.2) is 0 Å². The predicted octanol–water partition coefficient (Wildman–Crippen LogP) is 2.40. The number of carbonyl (C=O) groups excluding carboxylic acids is 1. The van der Waals surface area contributed by atoms with E-state index in [1.165, 1.54) is 0 Å². The summed E-state index contributed by atoms with van der Waals surface area (Å²) in [5.74, 6) is 1.13. The average molecular weight is 252 g/mol. The second-order valence-electron chi connectivity index (χ2n) is 4.72. The molecule has 1 heterocycles. The number of rotatable bonds is 6. The van der Waals surface area contributed by atoms with E-state index < -0.39 is 0 Å². The van der Waals surface area contributed by atoms with E-state index in [1.807, 2.05) is 13.8 Å². The number of ether oxygens (including phenoxy) is 1. The minimum Gasteiger partial charge on any atom is -0.367 e. The lowest BCUT2D eigenvalue weighted by atomic mass is 10.0. The zero-order valence-corrected chi connectivity index (χ0v) is 11.1. The highest BCUT2D eigenvalue weighted by Gasteiger charge is 2.40. The molecule has 1 aliphatic rings. The molecule has 0 atom stereocenters. The highest BCUT2D eigenvalue weighted by molar-refractivity contribution is 5.79. The molecule has 1 aromatic rings. The molecule has 5 nitrogen and oxygen atoms in total.